The summed E-state index contributed by atoms with van der Waals surface area (Å²) in [4.78, 5) is 41.4. The summed E-state index contributed by atoms with van der Waals surface area (Å²) in [6.45, 7) is 6.01. The van der Waals surface area contributed by atoms with Crippen molar-refractivity contribution in [3.05, 3.63) is 67.3 Å². The Balaban J connectivity index is 1.88. The number of rotatable bonds is 8. The van der Waals surface area contributed by atoms with Crippen LogP contribution >= 0.6 is 22.7 Å². The molecule has 0 spiro atoms. The van der Waals surface area contributed by atoms with E-state index >= 15 is 0 Å². The third-order valence-corrected chi connectivity index (χ3v) is 7.93. The molecule has 2 aliphatic rings. The molecule has 0 aromatic carbocycles. The minimum absolute atomic E-state index is 0.201. The molecule has 1 N–H and O–H groups in total. The molecule has 3 heterocycles. The van der Waals surface area contributed by atoms with Crippen LogP contribution in [0, 0.1) is 5.92 Å². The summed E-state index contributed by atoms with van der Waals surface area (Å²) in [6, 6.07) is 5.83. The topological polar surface area (TPSA) is 81.7 Å². The first-order chi connectivity index (χ1) is 16.5. The zero-order valence-corrected chi connectivity index (χ0v) is 21.2. The Morgan fingerprint density at radius 3 is 2.53 bits per heavy atom. The monoisotopic (exact) mass is 499 g/mol. The van der Waals surface area contributed by atoms with Crippen LogP contribution in [0.3, 0.4) is 0 Å². The van der Waals surface area contributed by atoms with E-state index in [4.69, 9.17) is 9.47 Å². The highest BCUT2D eigenvalue weighted by molar-refractivity contribution is 7.10. The van der Waals surface area contributed by atoms with Gasteiger partial charge in [-0.25, -0.2) is 4.79 Å². The number of carbonyl (C=O) groups is 3. The van der Waals surface area contributed by atoms with Crippen molar-refractivity contribution in [1.29, 1.82) is 0 Å². The Morgan fingerprint density at radius 1 is 1.12 bits per heavy atom. The first-order valence-electron chi connectivity index (χ1n) is 11.7. The average Bonchev–Trinajstić information content (AvgIpc) is 3.53. The van der Waals surface area contributed by atoms with Gasteiger partial charge in [0.05, 0.1) is 18.8 Å². The van der Waals surface area contributed by atoms with E-state index in [9.17, 15) is 14.4 Å². The van der Waals surface area contributed by atoms with Crippen LogP contribution in [-0.2, 0) is 23.9 Å². The molecule has 0 fully saturated rings. The standard InChI is InChI=1S/C26H29NO5S2/c1-4-8-17-23(26(30)32-6-3)20(15-10-12-33-14-15)22-18(27-17)13-16(19-9-7-11-34-19)21(24(22)28)25(29)31-5-2/h7,9-12,14,16,20-21,27H,4-6,8,13H2,1-3H3/t16-,20-,21-/m1/s1. The van der Waals surface area contributed by atoms with E-state index in [0.717, 1.165) is 28.3 Å². The van der Waals surface area contributed by atoms with E-state index in [1.807, 2.05) is 34.3 Å². The van der Waals surface area contributed by atoms with E-state index in [1.54, 1.807) is 13.8 Å². The van der Waals surface area contributed by atoms with Crippen molar-refractivity contribution in [2.75, 3.05) is 13.2 Å². The van der Waals surface area contributed by atoms with Crippen LogP contribution in [0.4, 0.5) is 0 Å². The highest BCUT2D eigenvalue weighted by Crippen LogP contribution is 2.49. The Labute approximate surface area is 207 Å². The summed E-state index contributed by atoms with van der Waals surface area (Å²) >= 11 is 3.05. The second-order valence-corrected chi connectivity index (χ2v) is 10.0. The molecule has 0 bridgehead atoms. The van der Waals surface area contributed by atoms with Crippen molar-refractivity contribution in [3.63, 3.8) is 0 Å². The van der Waals surface area contributed by atoms with Crippen molar-refractivity contribution in [1.82, 2.24) is 5.32 Å². The number of esters is 2. The average molecular weight is 500 g/mol. The van der Waals surface area contributed by atoms with Crippen LogP contribution in [0.2, 0.25) is 0 Å². The van der Waals surface area contributed by atoms with Gasteiger partial charge in [0.25, 0.3) is 0 Å². The summed E-state index contributed by atoms with van der Waals surface area (Å²) in [5.41, 5.74) is 3.39. The highest BCUT2D eigenvalue weighted by Gasteiger charge is 2.49. The number of ketones is 1. The summed E-state index contributed by atoms with van der Waals surface area (Å²) in [7, 11) is 0. The lowest BCUT2D eigenvalue weighted by Gasteiger charge is -2.39. The molecular formula is C26H29NO5S2. The van der Waals surface area contributed by atoms with Gasteiger partial charge in [-0.1, -0.05) is 19.4 Å². The minimum atomic E-state index is -0.948. The SMILES string of the molecule is CCCC1=C(C(=O)OCC)[C@H](c2ccsc2)C2=C(C[C@H](c3cccs3)[C@@H](C(=O)OCC)C2=O)N1. The lowest BCUT2D eigenvalue weighted by molar-refractivity contribution is -0.152. The van der Waals surface area contributed by atoms with Crippen molar-refractivity contribution >= 4 is 40.4 Å². The summed E-state index contributed by atoms with van der Waals surface area (Å²) in [5.74, 6) is -3.05. The summed E-state index contributed by atoms with van der Waals surface area (Å²) in [6.07, 6.45) is 1.98. The first kappa shape index (κ1) is 24.4. The predicted molar refractivity (Wildman–Crippen MR) is 133 cm³/mol. The van der Waals surface area contributed by atoms with Crippen molar-refractivity contribution < 1.29 is 23.9 Å². The molecule has 180 valence electrons. The van der Waals surface area contributed by atoms with Gasteiger partial charge in [-0.2, -0.15) is 11.3 Å². The molecule has 6 nitrogen and oxygen atoms in total. The number of carbonyl (C=O) groups excluding carboxylic acids is 3. The number of Topliss-reactive ketones (excluding diaryl/α,β-unsaturated/α-hetero) is 1. The number of ether oxygens (including phenoxy) is 2. The smallest absolute Gasteiger partial charge is 0.336 e. The van der Waals surface area contributed by atoms with Crippen LogP contribution in [0.1, 0.15) is 62.3 Å². The van der Waals surface area contributed by atoms with Gasteiger partial charge in [-0.15, -0.1) is 11.3 Å². The third kappa shape index (κ3) is 4.49. The third-order valence-electron chi connectivity index (χ3n) is 6.22. The molecule has 0 saturated carbocycles. The Bertz CT molecular complexity index is 1110. The highest BCUT2D eigenvalue weighted by atomic mass is 32.1. The summed E-state index contributed by atoms with van der Waals surface area (Å²) in [5, 5.41) is 9.29. The van der Waals surface area contributed by atoms with Gasteiger partial charge in [0.1, 0.15) is 5.92 Å². The molecule has 4 rings (SSSR count). The lowest BCUT2D eigenvalue weighted by atomic mass is 9.68. The van der Waals surface area contributed by atoms with Gasteiger partial charge in [0.15, 0.2) is 5.78 Å². The van der Waals surface area contributed by atoms with Gasteiger partial charge in [0, 0.05) is 33.7 Å². The second-order valence-electron chi connectivity index (χ2n) is 8.29. The zero-order valence-electron chi connectivity index (χ0n) is 19.6. The van der Waals surface area contributed by atoms with Gasteiger partial charge in [-0.3, -0.25) is 9.59 Å². The van der Waals surface area contributed by atoms with Crippen molar-refractivity contribution in [2.24, 2.45) is 5.92 Å². The zero-order chi connectivity index (χ0) is 24.2. The van der Waals surface area contributed by atoms with Crippen molar-refractivity contribution in [2.45, 2.75) is 51.9 Å². The maximum atomic E-state index is 14.1. The number of hydrogen-bond donors (Lipinski definition) is 1. The first-order valence-corrected chi connectivity index (χ1v) is 13.5. The molecule has 0 unspecified atom stereocenters. The van der Waals surface area contributed by atoms with Crippen LogP contribution < -0.4 is 5.32 Å². The minimum Gasteiger partial charge on any atom is -0.465 e. The quantitative estimate of drug-likeness (QED) is 0.392. The van der Waals surface area contributed by atoms with Crippen molar-refractivity contribution in [3.8, 4) is 0 Å². The molecule has 1 aliphatic carbocycles. The van der Waals surface area contributed by atoms with E-state index in [1.165, 1.54) is 22.7 Å². The van der Waals surface area contributed by atoms with E-state index in [0.29, 0.717) is 24.0 Å². The Morgan fingerprint density at radius 2 is 1.91 bits per heavy atom. The maximum Gasteiger partial charge on any atom is 0.336 e. The number of hydrogen-bond acceptors (Lipinski definition) is 8. The fraction of sp³-hybridized carbons (Fsp3) is 0.423. The molecule has 2 aromatic rings. The van der Waals surface area contributed by atoms with Gasteiger partial charge in [0.2, 0.25) is 0 Å². The molecule has 0 saturated heterocycles. The molecule has 2 aromatic heterocycles. The van der Waals surface area contributed by atoms with Gasteiger partial charge in [-0.05, 0) is 60.5 Å². The predicted octanol–water partition coefficient (Wildman–Crippen LogP) is 5.30. The number of allylic oxidation sites excluding steroid dienone is 3. The molecule has 8 heteroatoms. The fourth-order valence-corrected chi connectivity index (χ4v) is 6.44. The van der Waals surface area contributed by atoms with Gasteiger partial charge < -0.3 is 14.8 Å². The van der Waals surface area contributed by atoms with Crippen LogP contribution in [-0.4, -0.2) is 30.9 Å². The maximum absolute atomic E-state index is 14.1. The van der Waals surface area contributed by atoms with E-state index in [-0.39, 0.29) is 24.9 Å². The van der Waals surface area contributed by atoms with E-state index < -0.39 is 23.8 Å². The summed E-state index contributed by atoms with van der Waals surface area (Å²) < 4.78 is 10.8. The second kappa shape index (κ2) is 10.7. The molecule has 1 aliphatic heterocycles. The Hall–Kier alpha value is -2.71. The van der Waals surface area contributed by atoms with Crippen LogP contribution in [0.25, 0.3) is 0 Å². The largest absolute Gasteiger partial charge is 0.465 e. The van der Waals surface area contributed by atoms with Crippen LogP contribution in [0.5, 0.6) is 0 Å². The molecular weight excluding hydrogens is 470 g/mol. The molecule has 0 amide bonds. The molecule has 3 atom stereocenters. The van der Waals surface area contributed by atoms with Gasteiger partial charge >= 0.3 is 11.9 Å². The normalized spacial score (nSPS) is 22.3. The number of nitrogens with one attached hydrogen (secondary N) is 1. The van der Waals surface area contributed by atoms with E-state index in [2.05, 4.69) is 12.2 Å². The van der Waals surface area contributed by atoms with Crippen LogP contribution in [0.15, 0.2) is 56.9 Å². The lowest BCUT2D eigenvalue weighted by Crippen LogP contribution is -2.43. The number of thiophene rings is 2. The Kier molecular flexibility index (Phi) is 7.68. The molecule has 0 radical (unpaired) electrons. The molecule has 34 heavy (non-hydrogen) atoms. The number of dihydropyridines is 1. The fourth-order valence-electron chi connectivity index (χ4n) is 4.89.